The number of hydrogen-bond donors (Lipinski definition) is 1. The molecular weight excluding hydrogens is 402 g/mol. The van der Waals surface area contributed by atoms with Crippen molar-refractivity contribution in [3.8, 4) is 0 Å². The number of aliphatic carboxylic acids is 1. The van der Waals surface area contributed by atoms with E-state index in [1.54, 1.807) is 0 Å². The van der Waals surface area contributed by atoms with E-state index in [0.29, 0.717) is 23.7 Å². The predicted octanol–water partition coefficient (Wildman–Crippen LogP) is 5.55. The van der Waals surface area contributed by atoms with Gasteiger partial charge in [0.1, 0.15) is 0 Å². The van der Waals surface area contributed by atoms with Crippen LogP contribution in [0.2, 0.25) is 0 Å². The molecule has 1 heterocycles. The molecule has 0 unspecified atom stereocenters. The number of nitrogens with zero attached hydrogens (tertiary/aromatic N) is 1. The highest BCUT2D eigenvalue weighted by molar-refractivity contribution is 6.08. The number of carboxylic acids is 1. The lowest BCUT2D eigenvalue weighted by atomic mass is 10.00. The Morgan fingerprint density at radius 1 is 1.00 bits per heavy atom. The van der Waals surface area contributed by atoms with E-state index in [1.165, 1.54) is 12.5 Å². The fraction of sp³-hybridized carbons (Fsp3) is 0.259. The second kappa shape index (κ2) is 10.7. The highest BCUT2D eigenvalue weighted by Gasteiger charge is 2.13. The van der Waals surface area contributed by atoms with Crippen LogP contribution in [0.1, 0.15) is 59.4 Å². The molecule has 1 N–H and O–H groups in total. The molecule has 0 aliphatic carbocycles. The van der Waals surface area contributed by atoms with Crippen LogP contribution in [0.5, 0.6) is 0 Å². The lowest BCUT2D eigenvalue weighted by Crippen LogP contribution is -2.19. The average molecular weight is 432 g/mol. The van der Waals surface area contributed by atoms with E-state index < -0.39 is 12.1 Å². The minimum atomic E-state index is -0.972. The van der Waals surface area contributed by atoms with Crippen molar-refractivity contribution in [1.82, 2.24) is 4.57 Å². The highest BCUT2D eigenvalue weighted by atomic mass is 16.5. The first-order valence-corrected chi connectivity index (χ1v) is 10.7. The summed E-state index contributed by atoms with van der Waals surface area (Å²) in [5.74, 6) is -0.526. The van der Waals surface area contributed by atoms with Gasteiger partial charge in [-0.2, -0.15) is 0 Å². The van der Waals surface area contributed by atoms with Crippen molar-refractivity contribution in [2.75, 3.05) is 0 Å². The van der Waals surface area contributed by atoms with Gasteiger partial charge in [-0.25, -0.2) is 4.79 Å². The van der Waals surface area contributed by atoms with Crippen molar-refractivity contribution in [1.29, 1.82) is 0 Å². The zero-order chi connectivity index (χ0) is 23.1. The van der Waals surface area contributed by atoms with Crippen molar-refractivity contribution in [3.05, 3.63) is 101 Å². The Labute approximate surface area is 189 Å². The molecule has 5 nitrogen and oxygen atoms in total. The molecule has 3 rings (SSSR count). The van der Waals surface area contributed by atoms with Gasteiger partial charge in [-0.15, -0.1) is 0 Å². The lowest BCUT2D eigenvalue weighted by molar-refractivity contribution is -0.149. The minimum Gasteiger partial charge on any atom is -0.479 e. The molecular formula is C27H29NO4. The summed E-state index contributed by atoms with van der Waals surface area (Å²) in [5, 5.41) is 8.87. The van der Waals surface area contributed by atoms with Crippen molar-refractivity contribution >= 4 is 17.8 Å². The Hall–Kier alpha value is -3.44. The topological polar surface area (TPSA) is 68.5 Å². The van der Waals surface area contributed by atoms with E-state index in [4.69, 9.17) is 9.84 Å². The van der Waals surface area contributed by atoms with E-state index >= 15 is 0 Å². The quantitative estimate of drug-likeness (QED) is 0.428. The van der Waals surface area contributed by atoms with Crippen LogP contribution in [0.3, 0.4) is 0 Å². The molecule has 0 radical (unpaired) electrons. The Morgan fingerprint density at radius 3 is 2.31 bits per heavy atom. The van der Waals surface area contributed by atoms with Gasteiger partial charge in [0.15, 0.2) is 6.10 Å². The Balaban J connectivity index is 1.60. The molecule has 0 aliphatic rings. The smallest absolute Gasteiger partial charge is 0.332 e. The molecule has 3 aromatic rings. The number of allylic oxidation sites excluding steroid dienone is 1. The molecule has 2 aromatic carbocycles. The number of benzene rings is 2. The fourth-order valence-electron chi connectivity index (χ4n) is 3.27. The third-order valence-corrected chi connectivity index (χ3v) is 5.34. The SMILES string of the molecule is CC(C)c1ccc(C(=O)c2cccn2C/C=C/c2ccc(CO[C@H](C)C(=O)O)cc2)cc1. The van der Waals surface area contributed by atoms with Crippen molar-refractivity contribution in [2.24, 2.45) is 0 Å². The van der Waals surface area contributed by atoms with Crippen molar-refractivity contribution in [3.63, 3.8) is 0 Å². The van der Waals surface area contributed by atoms with Crippen LogP contribution in [0.25, 0.3) is 6.08 Å². The van der Waals surface area contributed by atoms with E-state index in [2.05, 4.69) is 13.8 Å². The van der Waals surface area contributed by atoms with Gasteiger partial charge in [0.2, 0.25) is 5.78 Å². The third-order valence-electron chi connectivity index (χ3n) is 5.34. The summed E-state index contributed by atoms with van der Waals surface area (Å²) in [6.07, 6.45) is 5.08. The molecule has 166 valence electrons. The first-order chi connectivity index (χ1) is 15.3. The average Bonchev–Trinajstić information content (AvgIpc) is 3.26. The van der Waals surface area contributed by atoms with Gasteiger partial charge < -0.3 is 14.4 Å². The van der Waals surface area contributed by atoms with E-state index in [1.807, 2.05) is 83.6 Å². The van der Waals surface area contributed by atoms with Gasteiger partial charge in [0.05, 0.1) is 12.3 Å². The van der Waals surface area contributed by atoms with Crippen LogP contribution in [-0.2, 0) is 22.7 Å². The van der Waals surface area contributed by atoms with Gasteiger partial charge in [-0.05, 0) is 41.7 Å². The number of ether oxygens (including phenoxy) is 1. The number of carbonyl (C=O) groups excluding carboxylic acids is 1. The molecule has 1 atom stereocenters. The number of carboxylic acid groups (broad SMARTS) is 1. The molecule has 0 amide bonds. The molecule has 0 saturated carbocycles. The summed E-state index contributed by atoms with van der Waals surface area (Å²) in [6.45, 7) is 6.62. The largest absolute Gasteiger partial charge is 0.479 e. The number of carbonyl (C=O) groups is 2. The Bertz CT molecular complexity index is 1080. The summed E-state index contributed by atoms with van der Waals surface area (Å²) in [4.78, 5) is 23.8. The van der Waals surface area contributed by atoms with E-state index in [-0.39, 0.29) is 12.4 Å². The van der Waals surface area contributed by atoms with Crippen molar-refractivity contribution in [2.45, 2.75) is 45.9 Å². The lowest BCUT2D eigenvalue weighted by Gasteiger charge is -2.09. The second-order valence-electron chi connectivity index (χ2n) is 8.09. The molecule has 5 heteroatoms. The fourth-order valence-corrected chi connectivity index (χ4v) is 3.27. The minimum absolute atomic E-state index is 0.0126. The van der Waals surface area contributed by atoms with Crippen LogP contribution < -0.4 is 0 Å². The van der Waals surface area contributed by atoms with E-state index in [9.17, 15) is 9.59 Å². The molecule has 32 heavy (non-hydrogen) atoms. The monoisotopic (exact) mass is 431 g/mol. The maximum Gasteiger partial charge on any atom is 0.332 e. The summed E-state index contributed by atoms with van der Waals surface area (Å²) in [5.41, 5.74) is 4.50. The van der Waals surface area contributed by atoms with Crippen molar-refractivity contribution < 1.29 is 19.4 Å². The Kier molecular flexibility index (Phi) is 7.79. The zero-order valence-electron chi connectivity index (χ0n) is 18.7. The van der Waals surface area contributed by atoms with Crippen LogP contribution in [-0.4, -0.2) is 27.5 Å². The standard InChI is InChI=1S/C27H29NO4/c1-19(2)23-12-14-24(15-13-23)26(29)25-7-5-17-28(25)16-4-6-21-8-10-22(11-9-21)18-32-20(3)27(30)31/h4-15,17,19-20H,16,18H2,1-3H3,(H,30,31)/b6-4+/t20-/m1/s1. The molecule has 0 aliphatic heterocycles. The predicted molar refractivity (Wildman–Crippen MR) is 126 cm³/mol. The molecule has 0 saturated heterocycles. The van der Waals surface area contributed by atoms with Gasteiger partial charge in [0.25, 0.3) is 0 Å². The number of rotatable bonds is 10. The molecule has 0 spiro atoms. The van der Waals surface area contributed by atoms with Crippen LogP contribution in [0.4, 0.5) is 0 Å². The van der Waals surface area contributed by atoms with Gasteiger partial charge in [-0.1, -0.05) is 74.5 Å². The Morgan fingerprint density at radius 2 is 1.69 bits per heavy atom. The number of hydrogen-bond acceptors (Lipinski definition) is 3. The number of aromatic nitrogens is 1. The van der Waals surface area contributed by atoms with Crippen LogP contribution in [0, 0.1) is 0 Å². The zero-order valence-corrected chi connectivity index (χ0v) is 18.7. The summed E-state index contributed by atoms with van der Waals surface area (Å²) >= 11 is 0. The number of ketones is 1. The molecule has 1 aromatic heterocycles. The summed E-state index contributed by atoms with van der Waals surface area (Å²) < 4.78 is 7.23. The first-order valence-electron chi connectivity index (χ1n) is 10.7. The van der Waals surface area contributed by atoms with Gasteiger partial charge in [-0.3, -0.25) is 4.79 Å². The van der Waals surface area contributed by atoms with Gasteiger partial charge in [0, 0.05) is 18.3 Å². The summed E-state index contributed by atoms with van der Waals surface area (Å²) in [7, 11) is 0. The summed E-state index contributed by atoms with van der Waals surface area (Å²) in [6, 6.07) is 19.3. The molecule has 0 bridgehead atoms. The first kappa shape index (κ1) is 23.2. The second-order valence-corrected chi connectivity index (χ2v) is 8.09. The van der Waals surface area contributed by atoms with Crippen LogP contribution in [0.15, 0.2) is 72.9 Å². The third kappa shape index (κ3) is 6.05. The highest BCUT2D eigenvalue weighted by Crippen LogP contribution is 2.17. The normalized spacial score (nSPS) is 12.4. The van der Waals surface area contributed by atoms with E-state index in [0.717, 1.165) is 11.1 Å². The maximum atomic E-state index is 12.9. The maximum absolute atomic E-state index is 12.9. The molecule has 0 fully saturated rings. The van der Waals surface area contributed by atoms with Gasteiger partial charge >= 0.3 is 5.97 Å². The van der Waals surface area contributed by atoms with Crippen LogP contribution >= 0.6 is 0 Å².